The van der Waals surface area contributed by atoms with E-state index in [0.29, 0.717) is 31.0 Å². The van der Waals surface area contributed by atoms with Gasteiger partial charge in [0, 0.05) is 19.3 Å². The van der Waals surface area contributed by atoms with Gasteiger partial charge in [-0.15, -0.1) is 0 Å². The predicted molar refractivity (Wildman–Crippen MR) is 113 cm³/mol. The summed E-state index contributed by atoms with van der Waals surface area (Å²) in [5.74, 6) is -1.19. The van der Waals surface area contributed by atoms with E-state index in [0.717, 1.165) is 0 Å². The van der Waals surface area contributed by atoms with E-state index >= 15 is 0 Å². The van der Waals surface area contributed by atoms with Crippen molar-refractivity contribution in [3.63, 3.8) is 0 Å². The molecule has 8 nitrogen and oxygen atoms in total. The summed E-state index contributed by atoms with van der Waals surface area (Å²) < 4.78 is 39.9. The van der Waals surface area contributed by atoms with Crippen molar-refractivity contribution < 1.29 is 22.8 Å². The molecule has 4 rings (SSSR count). The van der Waals surface area contributed by atoms with Crippen molar-refractivity contribution in [1.82, 2.24) is 15.3 Å². The van der Waals surface area contributed by atoms with Gasteiger partial charge in [-0.2, -0.15) is 13.2 Å². The number of amides is 3. The molecule has 0 aromatic carbocycles. The molecule has 170 valence electrons. The Hall–Kier alpha value is -3.37. The number of hydrogen-bond acceptors (Lipinski definition) is 5. The molecular formula is C21H23F3N6O2. The molecule has 1 unspecified atom stereocenters. The Morgan fingerprint density at radius 3 is 2.62 bits per heavy atom. The monoisotopic (exact) mass is 448 g/mol. The van der Waals surface area contributed by atoms with Crippen LogP contribution in [-0.4, -0.2) is 53.3 Å². The van der Waals surface area contributed by atoms with Crippen molar-refractivity contribution >= 4 is 29.3 Å². The van der Waals surface area contributed by atoms with E-state index in [9.17, 15) is 22.8 Å². The maximum Gasteiger partial charge on any atom is 0.408 e. The van der Waals surface area contributed by atoms with Gasteiger partial charge in [0.25, 0.3) is 5.91 Å². The van der Waals surface area contributed by atoms with E-state index in [1.54, 1.807) is 30.5 Å². The van der Waals surface area contributed by atoms with Crippen molar-refractivity contribution in [2.45, 2.75) is 38.5 Å². The Balaban J connectivity index is 1.63. The summed E-state index contributed by atoms with van der Waals surface area (Å²) in [4.78, 5) is 37.6. The number of fused-ring (bicyclic) bond motifs is 4. The third-order valence-electron chi connectivity index (χ3n) is 5.61. The zero-order valence-electron chi connectivity index (χ0n) is 17.6. The van der Waals surface area contributed by atoms with E-state index < -0.39 is 30.1 Å². The van der Waals surface area contributed by atoms with Crippen LogP contribution in [-0.2, 0) is 0 Å². The summed E-state index contributed by atoms with van der Waals surface area (Å²) in [5, 5.41) is 4.75. The molecule has 2 aliphatic rings. The van der Waals surface area contributed by atoms with Crippen LogP contribution >= 0.6 is 0 Å². The van der Waals surface area contributed by atoms with Gasteiger partial charge in [0.15, 0.2) is 5.82 Å². The van der Waals surface area contributed by atoms with E-state index in [1.807, 2.05) is 10.2 Å². The quantitative estimate of drug-likeness (QED) is 0.748. The minimum absolute atomic E-state index is 0.171. The number of halogens is 3. The summed E-state index contributed by atoms with van der Waals surface area (Å²) in [7, 11) is 0. The second kappa shape index (κ2) is 8.29. The van der Waals surface area contributed by atoms with Gasteiger partial charge in [-0.3, -0.25) is 15.0 Å². The molecule has 0 aliphatic carbocycles. The molecule has 2 aliphatic heterocycles. The minimum atomic E-state index is -4.59. The van der Waals surface area contributed by atoms with E-state index in [2.05, 4.69) is 15.3 Å². The highest BCUT2D eigenvalue weighted by Gasteiger charge is 2.44. The van der Waals surface area contributed by atoms with Gasteiger partial charge in [-0.1, -0.05) is 19.9 Å². The Kier molecular flexibility index (Phi) is 5.66. The molecule has 2 atom stereocenters. The topological polar surface area (TPSA) is 90.5 Å². The number of anilines is 3. The summed E-state index contributed by atoms with van der Waals surface area (Å²) in [5.41, 5.74) is 0.472. The van der Waals surface area contributed by atoms with Gasteiger partial charge >= 0.3 is 12.2 Å². The van der Waals surface area contributed by atoms with Crippen LogP contribution in [0.5, 0.6) is 0 Å². The fourth-order valence-electron chi connectivity index (χ4n) is 4.05. The number of aromatic nitrogens is 2. The third kappa shape index (κ3) is 4.19. The Bertz CT molecular complexity index is 1010. The molecule has 1 saturated heterocycles. The first-order chi connectivity index (χ1) is 15.1. The van der Waals surface area contributed by atoms with E-state index in [4.69, 9.17) is 0 Å². The molecular weight excluding hydrogens is 425 g/mol. The van der Waals surface area contributed by atoms with Crippen molar-refractivity contribution in [3.8, 4) is 0 Å². The van der Waals surface area contributed by atoms with Gasteiger partial charge in [0.1, 0.15) is 17.6 Å². The van der Waals surface area contributed by atoms with Gasteiger partial charge in [0.2, 0.25) is 0 Å². The average molecular weight is 448 g/mol. The van der Waals surface area contributed by atoms with Crippen LogP contribution in [0.15, 0.2) is 36.5 Å². The normalized spacial score (nSPS) is 18.4. The van der Waals surface area contributed by atoms with E-state index in [-0.39, 0.29) is 17.6 Å². The molecule has 11 heteroatoms. The molecule has 4 heterocycles. The fraction of sp³-hybridized carbons (Fsp3) is 0.429. The maximum absolute atomic E-state index is 13.3. The zero-order chi connectivity index (χ0) is 23.0. The van der Waals surface area contributed by atoms with Crippen LogP contribution in [0, 0.1) is 5.92 Å². The van der Waals surface area contributed by atoms with Gasteiger partial charge < -0.3 is 10.2 Å². The summed E-state index contributed by atoms with van der Waals surface area (Å²) in [6, 6.07) is 5.47. The molecule has 1 fully saturated rings. The van der Waals surface area contributed by atoms with Crippen LogP contribution < -0.4 is 20.4 Å². The molecule has 2 bridgehead atoms. The van der Waals surface area contributed by atoms with Crippen molar-refractivity contribution in [2.24, 2.45) is 5.92 Å². The van der Waals surface area contributed by atoms with Crippen LogP contribution in [0.25, 0.3) is 0 Å². The van der Waals surface area contributed by atoms with Crippen LogP contribution in [0.1, 0.15) is 30.8 Å². The number of pyridine rings is 2. The van der Waals surface area contributed by atoms with Gasteiger partial charge in [0.05, 0.1) is 11.7 Å². The number of nitrogens with zero attached hydrogens (tertiary/aromatic N) is 4. The lowest BCUT2D eigenvalue weighted by molar-refractivity contribution is -0.162. The standard InChI is InChI=1S/C21H23F3N6O2/c1-12(2)17(21(22,23)24)28-19(31)14-6-7-15-18(26-14)30(13-8-10-29(15)11-13)20(32)27-16-5-3-4-9-25-16/h3-7,9,12-13,17H,8,10-11H2,1-2H3,(H,28,31)(H,25,27,32)/t13-,17?/m0/s1. The number of nitrogens with one attached hydrogen (secondary N) is 2. The molecule has 2 aromatic rings. The first-order valence-corrected chi connectivity index (χ1v) is 10.3. The maximum atomic E-state index is 13.3. The lowest BCUT2D eigenvalue weighted by atomic mass is 10.0. The summed E-state index contributed by atoms with van der Waals surface area (Å²) in [6.45, 7) is 4.09. The number of hydrogen-bond donors (Lipinski definition) is 2. The van der Waals surface area contributed by atoms with Crippen LogP contribution in [0.4, 0.5) is 35.3 Å². The number of rotatable bonds is 4. The Labute approximate surface area is 182 Å². The van der Waals surface area contributed by atoms with Crippen molar-refractivity contribution in [2.75, 3.05) is 28.2 Å². The first kappa shape index (κ1) is 21.8. The van der Waals surface area contributed by atoms with Crippen LogP contribution in [0.3, 0.4) is 0 Å². The van der Waals surface area contributed by atoms with Gasteiger partial charge in [-0.05, 0) is 36.6 Å². The minimum Gasteiger partial charge on any atom is -0.366 e. The molecule has 2 aromatic heterocycles. The van der Waals surface area contributed by atoms with Gasteiger partial charge in [-0.25, -0.2) is 14.8 Å². The largest absolute Gasteiger partial charge is 0.408 e. The number of alkyl halides is 3. The number of urea groups is 1. The fourth-order valence-corrected chi connectivity index (χ4v) is 4.05. The smallest absolute Gasteiger partial charge is 0.366 e. The third-order valence-corrected chi connectivity index (χ3v) is 5.61. The molecule has 2 N–H and O–H groups in total. The highest BCUT2D eigenvalue weighted by atomic mass is 19.4. The lowest BCUT2D eigenvalue weighted by Gasteiger charge is -2.35. The SMILES string of the molecule is CC(C)C(NC(=O)c1ccc2c(n1)N(C(=O)Nc1ccccn1)[C@H]1CCN2C1)C(F)(F)F. The number of carbonyl (C=O) groups is 2. The summed E-state index contributed by atoms with van der Waals surface area (Å²) in [6.07, 6.45) is -2.34. The number of carbonyl (C=O) groups excluding carboxylic acids is 2. The Morgan fingerprint density at radius 2 is 1.97 bits per heavy atom. The molecule has 0 saturated carbocycles. The first-order valence-electron chi connectivity index (χ1n) is 10.3. The average Bonchev–Trinajstić information content (AvgIpc) is 3.15. The van der Waals surface area contributed by atoms with Crippen LogP contribution in [0.2, 0.25) is 0 Å². The van der Waals surface area contributed by atoms with Crippen molar-refractivity contribution in [3.05, 3.63) is 42.2 Å². The molecule has 0 spiro atoms. The predicted octanol–water partition coefficient (Wildman–Crippen LogP) is 3.42. The molecule has 0 radical (unpaired) electrons. The second-order valence-electron chi connectivity index (χ2n) is 8.18. The molecule has 3 amide bonds. The van der Waals surface area contributed by atoms with Crippen molar-refractivity contribution in [1.29, 1.82) is 0 Å². The second-order valence-corrected chi connectivity index (χ2v) is 8.18. The Morgan fingerprint density at radius 1 is 1.19 bits per heavy atom. The van der Waals surface area contributed by atoms with E-state index in [1.165, 1.54) is 24.8 Å². The zero-order valence-corrected chi connectivity index (χ0v) is 17.6. The molecule has 32 heavy (non-hydrogen) atoms. The summed E-state index contributed by atoms with van der Waals surface area (Å²) >= 11 is 0. The highest BCUT2D eigenvalue weighted by molar-refractivity contribution is 6.05. The highest BCUT2D eigenvalue weighted by Crippen LogP contribution is 2.39. The lowest BCUT2D eigenvalue weighted by Crippen LogP contribution is -2.50.